The van der Waals surface area contributed by atoms with E-state index >= 15 is 0 Å². The molecule has 110 valence electrons. The second-order valence-electron chi connectivity index (χ2n) is 8.36. The lowest BCUT2D eigenvalue weighted by Crippen LogP contribution is -2.46. The second-order valence-corrected chi connectivity index (χ2v) is 8.36. The second kappa shape index (κ2) is 4.22. The fourth-order valence-corrected chi connectivity index (χ4v) is 6.05. The summed E-state index contributed by atoms with van der Waals surface area (Å²) in [5, 5.41) is 9.94. The molecule has 4 aliphatic carbocycles. The van der Waals surface area contributed by atoms with Gasteiger partial charge in [0.25, 0.3) is 0 Å². The van der Waals surface area contributed by atoms with Crippen molar-refractivity contribution in [2.45, 2.75) is 64.9 Å². The number of aliphatic hydroxyl groups is 1. The third-order valence-electron chi connectivity index (χ3n) is 7.36. The van der Waals surface area contributed by atoms with Crippen molar-refractivity contribution in [2.24, 2.45) is 28.6 Å². The van der Waals surface area contributed by atoms with Gasteiger partial charge in [-0.05, 0) is 67.1 Å². The lowest BCUT2D eigenvalue weighted by molar-refractivity contribution is 0.0416. The molecule has 1 nitrogen and oxygen atoms in total. The Kier molecular flexibility index (Phi) is 2.77. The number of hydrogen-bond donors (Lipinski definition) is 1. The summed E-state index contributed by atoms with van der Waals surface area (Å²) in [6, 6.07) is 0. The van der Waals surface area contributed by atoms with Crippen molar-refractivity contribution in [3.05, 3.63) is 23.8 Å². The Morgan fingerprint density at radius 2 is 2.00 bits per heavy atom. The quantitative estimate of drug-likeness (QED) is 0.645. The Balaban J connectivity index is 1.72. The highest BCUT2D eigenvalue weighted by Crippen LogP contribution is 2.63. The van der Waals surface area contributed by atoms with Gasteiger partial charge in [0, 0.05) is 0 Å². The van der Waals surface area contributed by atoms with Gasteiger partial charge in [0.1, 0.15) is 0 Å². The molecule has 0 radical (unpaired) electrons. The van der Waals surface area contributed by atoms with Crippen molar-refractivity contribution in [2.75, 3.05) is 0 Å². The average molecular weight is 272 g/mol. The fraction of sp³-hybridized carbons (Fsp3) is 0.789. The van der Waals surface area contributed by atoms with Crippen molar-refractivity contribution < 1.29 is 5.11 Å². The Labute approximate surface area is 123 Å². The molecule has 0 spiro atoms. The van der Waals surface area contributed by atoms with Gasteiger partial charge in [-0.1, -0.05) is 44.1 Å². The van der Waals surface area contributed by atoms with Crippen LogP contribution in [0.15, 0.2) is 23.8 Å². The SMILES string of the molecule is C[C@@]12CCC[C@H]1C1=CCC3CC(O)C=C[C@]3(C)[C@H]1CC2. The summed E-state index contributed by atoms with van der Waals surface area (Å²) in [5.41, 5.74) is 2.72. The molecule has 0 bridgehead atoms. The molecule has 2 unspecified atom stereocenters. The zero-order valence-electron chi connectivity index (χ0n) is 12.9. The van der Waals surface area contributed by atoms with Gasteiger partial charge in [0.05, 0.1) is 6.10 Å². The van der Waals surface area contributed by atoms with Gasteiger partial charge in [-0.15, -0.1) is 0 Å². The van der Waals surface area contributed by atoms with Crippen LogP contribution >= 0.6 is 0 Å². The molecule has 1 N–H and O–H groups in total. The third kappa shape index (κ3) is 1.65. The lowest BCUT2D eigenvalue weighted by Gasteiger charge is -2.55. The summed E-state index contributed by atoms with van der Waals surface area (Å²) in [5.74, 6) is 2.27. The molecule has 2 saturated carbocycles. The Morgan fingerprint density at radius 1 is 1.15 bits per heavy atom. The summed E-state index contributed by atoms with van der Waals surface area (Å²) >= 11 is 0. The van der Waals surface area contributed by atoms with E-state index in [1.807, 2.05) is 0 Å². The summed E-state index contributed by atoms with van der Waals surface area (Å²) in [7, 11) is 0. The number of hydrogen-bond acceptors (Lipinski definition) is 1. The summed E-state index contributed by atoms with van der Waals surface area (Å²) < 4.78 is 0. The number of fused-ring (bicyclic) bond motifs is 5. The van der Waals surface area contributed by atoms with Crippen LogP contribution in [0.2, 0.25) is 0 Å². The standard InChI is InChI=1S/C19H28O/c1-18-9-3-4-16(18)15-6-5-13-12-14(20)7-11-19(13,2)17(15)8-10-18/h6-7,11,13-14,16-17,20H,3-5,8-10,12H2,1-2H3/t13?,14?,16-,17-,18-,19-/m0/s1. The van der Waals surface area contributed by atoms with Crippen molar-refractivity contribution >= 4 is 0 Å². The minimum atomic E-state index is -0.205. The first kappa shape index (κ1) is 13.1. The monoisotopic (exact) mass is 272 g/mol. The van der Waals surface area contributed by atoms with E-state index in [2.05, 4.69) is 32.1 Å². The molecule has 0 heterocycles. The zero-order chi connectivity index (χ0) is 14.0. The lowest BCUT2D eigenvalue weighted by atomic mass is 9.50. The predicted octanol–water partition coefficient (Wildman–Crippen LogP) is 4.48. The van der Waals surface area contributed by atoms with E-state index in [4.69, 9.17) is 0 Å². The Hall–Kier alpha value is -0.560. The first-order chi connectivity index (χ1) is 9.53. The largest absolute Gasteiger partial charge is 0.389 e. The number of allylic oxidation sites excluding steroid dienone is 3. The maximum absolute atomic E-state index is 9.94. The van der Waals surface area contributed by atoms with E-state index in [9.17, 15) is 5.11 Å². The van der Waals surface area contributed by atoms with Crippen molar-refractivity contribution in [3.8, 4) is 0 Å². The first-order valence-corrected chi connectivity index (χ1v) is 8.60. The number of rotatable bonds is 0. The molecule has 20 heavy (non-hydrogen) atoms. The molecule has 0 aromatic heterocycles. The molecular weight excluding hydrogens is 244 g/mol. The summed E-state index contributed by atoms with van der Waals surface area (Å²) in [6.07, 6.45) is 16.1. The molecule has 0 aromatic carbocycles. The molecule has 0 saturated heterocycles. The molecular formula is C19H28O. The van der Waals surface area contributed by atoms with Gasteiger partial charge >= 0.3 is 0 Å². The van der Waals surface area contributed by atoms with Crippen molar-refractivity contribution in [1.29, 1.82) is 0 Å². The molecule has 4 rings (SSSR count). The van der Waals surface area contributed by atoms with Crippen LogP contribution in [0.5, 0.6) is 0 Å². The molecule has 0 aromatic rings. The minimum Gasteiger partial charge on any atom is -0.389 e. The molecule has 0 amide bonds. The normalized spacial score (nSPS) is 53.9. The topological polar surface area (TPSA) is 20.2 Å². The zero-order valence-corrected chi connectivity index (χ0v) is 12.9. The van der Waals surface area contributed by atoms with Gasteiger partial charge in [0.2, 0.25) is 0 Å². The van der Waals surface area contributed by atoms with Gasteiger partial charge in [-0.25, -0.2) is 0 Å². The minimum absolute atomic E-state index is 0.205. The van der Waals surface area contributed by atoms with Crippen LogP contribution in [0.25, 0.3) is 0 Å². The van der Waals surface area contributed by atoms with E-state index in [0.29, 0.717) is 16.7 Å². The van der Waals surface area contributed by atoms with Gasteiger partial charge < -0.3 is 5.11 Å². The van der Waals surface area contributed by atoms with Crippen LogP contribution in [-0.4, -0.2) is 11.2 Å². The van der Waals surface area contributed by atoms with Crippen LogP contribution < -0.4 is 0 Å². The van der Waals surface area contributed by atoms with Crippen LogP contribution in [-0.2, 0) is 0 Å². The smallest absolute Gasteiger partial charge is 0.0724 e. The molecule has 2 fully saturated rings. The Morgan fingerprint density at radius 3 is 2.85 bits per heavy atom. The van der Waals surface area contributed by atoms with Crippen LogP contribution in [0.4, 0.5) is 0 Å². The maximum atomic E-state index is 9.94. The van der Waals surface area contributed by atoms with Crippen molar-refractivity contribution in [1.82, 2.24) is 0 Å². The average Bonchev–Trinajstić information content (AvgIpc) is 2.81. The molecule has 4 aliphatic rings. The fourth-order valence-electron chi connectivity index (χ4n) is 6.05. The van der Waals surface area contributed by atoms with E-state index in [1.165, 1.54) is 38.5 Å². The number of aliphatic hydroxyl groups excluding tert-OH is 1. The predicted molar refractivity (Wildman–Crippen MR) is 82.2 cm³/mol. The summed E-state index contributed by atoms with van der Waals surface area (Å²) in [6.45, 7) is 5.01. The van der Waals surface area contributed by atoms with Gasteiger partial charge in [-0.3, -0.25) is 0 Å². The van der Waals surface area contributed by atoms with Crippen LogP contribution in [0.3, 0.4) is 0 Å². The Bertz CT molecular complexity index is 476. The van der Waals surface area contributed by atoms with E-state index in [-0.39, 0.29) is 6.10 Å². The third-order valence-corrected chi connectivity index (χ3v) is 7.36. The van der Waals surface area contributed by atoms with Crippen LogP contribution in [0, 0.1) is 28.6 Å². The highest BCUT2D eigenvalue weighted by Gasteiger charge is 2.53. The first-order valence-electron chi connectivity index (χ1n) is 8.60. The maximum Gasteiger partial charge on any atom is 0.0724 e. The van der Waals surface area contributed by atoms with E-state index in [0.717, 1.165) is 18.3 Å². The summed E-state index contributed by atoms with van der Waals surface area (Å²) in [4.78, 5) is 0. The van der Waals surface area contributed by atoms with Gasteiger partial charge in [-0.2, -0.15) is 0 Å². The highest BCUT2D eigenvalue weighted by atomic mass is 16.3. The highest BCUT2D eigenvalue weighted by molar-refractivity contribution is 5.30. The molecule has 6 atom stereocenters. The van der Waals surface area contributed by atoms with Crippen LogP contribution in [0.1, 0.15) is 58.8 Å². The van der Waals surface area contributed by atoms with E-state index < -0.39 is 0 Å². The molecule has 0 aliphatic heterocycles. The van der Waals surface area contributed by atoms with Crippen molar-refractivity contribution in [3.63, 3.8) is 0 Å². The van der Waals surface area contributed by atoms with E-state index in [1.54, 1.807) is 5.57 Å². The van der Waals surface area contributed by atoms with Gasteiger partial charge in [0.15, 0.2) is 0 Å². The molecule has 1 heteroatoms.